The van der Waals surface area contributed by atoms with Crippen molar-refractivity contribution in [1.82, 2.24) is 15.1 Å². The summed E-state index contributed by atoms with van der Waals surface area (Å²) in [6.45, 7) is 4.87. The van der Waals surface area contributed by atoms with Crippen molar-refractivity contribution < 1.29 is 47.5 Å². The summed E-state index contributed by atoms with van der Waals surface area (Å²) in [6, 6.07) is 9.81. The van der Waals surface area contributed by atoms with Gasteiger partial charge in [0.25, 0.3) is 5.91 Å². The molecule has 6 aliphatic rings. The van der Waals surface area contributed by atoms with Crippen LogP contribution in [0.3, 0.4) is 0 Å². The molecule has 0 aliphatic carbocycles. The van der Waals surface area contributed by atoms with Gasteiger partial charge in [0.1, 0.15) is 24.4 Å². The molecule has 4 bridgehead atoms. The molecule has 7 atom stereocenters. The van der Waals surface area contributed by atoms with Crippen molar-refractivity contribution in [2.45, 2.75) is 68.7 Å². The number of benzene rings is 3. The number of nitrogens with zero attached hydrogens (tertiary/aromatic N) is 3. The highest BCUT2D eigenvalue weighted by molar-refractivity contribution is 7.99. The molecule has 3 aromatic carbocycles. The zero-order chi connectivity index (χ0) is 38.7. The Morgan fingerprint density at radius 2 is 1.80 bits per heavy atom. The number of rotatable bonds is 7. The van der Waals surface area contributed by atoms with Gasteiger partial charge >= 0.3 is 11.9 Å². The lowest BCUT2D eigenvalue weighted by atomic mass is 9.71. The van der Waals surface area contributed by atoms with Crippen molar-refractivity contribution >= 4 is 29.6 Å². The van der Waals surface area contributed by atoms with Crippen LogP contribution in [0.2, 0.25) is 0 Å². The highest BCUT2D eigenvalue weighted by atomic mass is 32.2. The Kier molecular flexibility index (Phi) is 9.79. The van der Waals surface area contributed by atoms with Crippen LogP contribution < -0.4 is 29.0 Å². The molecule has 288 valence electrons. The average molecular weight is 771 g/mol. The zero-order valence-corrected chi connectivity index (χ0v) is 32.2. The molecule has 0 aromatic heterocycles. The Labute approximate surface area is 322 Å². The number of aryl methyl sites for hydroxylation is 1. The lowest BCUT2D eigenvalue weighted by Gasteiger charge is -2.61. The summed E-state index contributed by atoms with van der Waals surface area (Å²) in [4.78, 5) is 44.7. The second-order valence-corrected chi connectivity index (χ2v) is 15.5. The number of methoxy groups -OCH3 is 2. The number of carbonyl (C=O) groups excluding carboxylic acids is 3. The quantitative estimate of drug-likeness (QED) is 0.206. The summed E-state index contributed by atoms with van der Waals surface area (Å²) in [5.41, 5.74) is 5.13. The van der Waals surface area contributed by atoms with Crippen LogP contribution in [0.1, 0.15) is 68.0 Å². The second kappa shape index (κ2) is 14.6. The number of carbonyl (C=O) groups is 3. The molecule has 55 heavy (non-hydrogen) atoms. The van der Waals surface area contributed by atoms with Crippen molar-refractivity contribution in [1.29, 1.82) is 5.26 Å². The van der Waals surface area contributed by atoms with Crippen molar-refractivity contribution in [3.8, 4) is 34.8 Å². The number of piperazine rings is 1. The number of thioether (sulfide) groups is 1. The Morgan fingerprint density at radius 1 is 1.04 bits per heavy atom. The molecule has 6 heterocycles. The minimum absolute atomic E-state index is 0.0248. The van der Waals surface area contributed by atoms with Gasteiger partial charge in [0.15, 0.2) is 29.8 Å². The maximum absolute atomic E-state index is 13.9. The number of ether oxygens (including phenoxy) is 7. The number of fused-ring (bicyclic) bond motifs is 10. The number of nitrogens with one attached hydrogen (secondary N) is 1. The third-order valence-electron chi connectivity index (χ3n) is 11.3. The van der Waals surface area contributed by atoms with Gasteiger partial charge in [0.2, 0.25) is 6.79 Å². The Bertz CT molecular complexity index is 2110. The first kappa shape index (κ1) is 36.9. The molecule has 14 nitrogen and oxygen atoms in total. The predicted octanol–water partition coefficient (Wildman–Crippen LogP) is 4.31. The predicted molar refractivity (Wildman–Crippen MR) is 198 cm³/mol. The van der Waals surface area contributed by atoms with E-state index in [0.717, 1.165) is 16.7 Å². The van der Waals surface area contributed by atoms with E-state index >= 15 is 0 Å². The first-order valence-corrected chi connectivity index (χ1v) is 19.1. The number of nitriles is 1. The van der Waals surface area contributed by atoms with Gasteiger partial charge in [-0.2, -0.15) is 5.26 Å². The zero-order valence-electron chi connectivity index (χ0n) is 31.4. The lowest BCUT2D eigenvalue weighted by molar-refractivity contribution is -0.151. The molecule has 3 aromatic rings. The number of amides is 1. The molecule has 9 rings (SSSR count). The minimum Gasteiger partial charge on any atom is -0.493 e. The van der Waals surface area contributed by atoms with Gasteiger partial charge in [-0.1, -0.05) is 24.3 Å². The fourth-order valence-corrected chi connectivity index (χ4v) is 10.6. The summed E-state index contributed by atoms with van der Waals surface area (Å²) < 4.78 is 42.2. The van der Waals surface area contributed by atoms with Crippen LogP contribution in [0.5, 0.6) is 28.7 Å². The first-order chi connectivity index (χ1) is 26.6. The molecule has 2 saturated heterocycles. The van der Waals surface area contributed by atoms with Crippen LogP contribution in [0, 0.1) is 25.2 Å². The van der Waals surface area contributed by atoms with Gasteiger partial charge in [-0.05, 0) is 50.6 Å². The third kappa shape index (κ3) is 5.94. The van der Waals surface area contributed by atoms with Gasteiger partial charge in [0, 0.05) is 59.7 Å². The number of hydrogen-bond donors (Lipinski definition) is 1. The number of hydrogen-bond acceptors (Lipinski definition) is 14. The first-order valence-electron chi connectivity index (χ1n) is 18.1. The van der Waals surface area contributed by atoms with Gasteiger partial charge in [-0.3, -0.25) is 19.4 Å². The van der Waals surface area contributed by atoms with Gasteiger partial charge in [-0.15, -0.1) is 11.8 Å². The van der Waals surface area contributed by atoms with Crippen LogP contribution in [-0.4, -0.2) is 99.0 Å². The Hall–Kier alpha value is -5.01. The van der Waals surface area contributed by atoms with Crippen molar-refractivity contribution in [2.24, 2.45) is 0 Å². The molecule has 6 aliphatic heterocycles. The lowest BCUT2D eigenvalue weighted by Crippen LogP contribution is -2.69. The normalized spacial score (nSPS) is 26.4. The molecule has 0 radical (unpaired) electrons. The van der Waals surface area contributed by atoms with Gasteiger partial charge in [0.05, 0.1) is 30.5 Å². The van der Waals surface area contributed by atoms with Crippen molar-refractivity contribution in [3.63, 3.8) is 0 Å². The minimum atomic E-state index is -1.02. The molecule has 2 fully saturated rings. The van der Waals surface area contributed by atoms with E-state index in [1.165, 1.54) is 18.7 Å². The summed E-state index contributed by atoms with van der Waals surface area (Å²) in [5, 5.41) is 13.5. The molecule has 0 spiro atoms. The van der Waals surface area contributed by atoms with E-state index in [0.29, 0.717) is 57.4 Å². The van der Waals surface area contributed by atoms with E-state index in [2.05, 4.69) is 27.3 Å². The van der Waals surface area contributed by atoms with Gasteiger partial charge in [-0.25, -0.2) is 4.79 Å². The van der Waals surface area contributed by atoms with Crippen LogP contribution >= 0.6 is 11.8 Å². The summed E-state index contributed by atoms with van der Waals surface area (Å²) in [5.74, 6) is 0.903. The fraction of sp³-hybridized carbons (Fsp3) is 0.450. The Balaban J connectivity index is 1.37. The van der Waals surface area contributed by atoms with Crippen molar-refractivity contribution in [2.75, 3.05) is 47.2 Å². The SMILES string of the molecule is COCOc1c(OC)c(C)cc2c1[C@@H]1C3[C@@H]4SC[C@H](NC(=O)c5ccccc5)C(=O)OC[C@H](c5c6c(c(C)c(OC(C)=O)c54)OCO6)N3[C@@H](C#N)[C@H](C2)N1C. The molecule has 0 saturated carbocycles. The third-order valence-corrected chi connectivity index (χ3v) is 12.7. The molecule has 1 amide bonds. The monoisotopic (exact) mass is 770 g/mol. The highest BCUT2D eigenvalue weighted by Crippen LogP contribution is 2.64. The number of likely N-dealkylation sites (N-methyl/N-ethyl adjacent to an activating group) is 1. The van der Waals surface area contributed by atoms with Crippen LogP contribution in [0.15, 0.2) is 36.4 Å². The summed E-state index contributed by atoms with van der Waals surface area (Å²) in [7, 11) is 5.18. The van der Waals surface area contributed by atoms with Gasteiger partial charge < -0.3 is 38.5 Å². The van der Waals surface area contributed by atoms with E-state index in [4.69, 9.17) is 33.2 Å². The highest BCUT2D eigenvalue weighted by Gasteiger charge is 2.61. The maximum atomic E-state index is 13.9. The molecular formula is C40H42N4O10S. The standard InChI is InChI=1S/C40H42N4O10S/c1-19-12-23-13-25-26(14-41)44-27-15-50-40(47)24(42-39(46)22-10-8-7-9-11-22)16-55-38(30-29(27)37-35(52-18-53-37)20(2)34(30)54-21(3)45)32(44)31(43(25)4)28(23)36(33(19)49-6)51-17-48-5/h7-12,24-27,31-32,38H,13,15-18H2,1-6H3,(H,42,46)/t24-,25-,26-,27+,31+,32?,38+/m0/s1. The van der Waals surface area contributed by atoms with Crippen LogP contribution in [0.4, 0.5) is 0 Å². The Morgan fingerprint density at radius 3 is 2.51 bits per heavy atom. The largest absolute Gasteiger partial charge is 0.493 e. The van der Waals surface area contributed by atoms with E-state index in [-0.39, 0.29) is 32.0 Å². The molecule has 1 N–H and O–H groups in total. The average Bonchev–Trinajstić information content (AvgIpc) is 3.67. The van der Waals surface area contributed by atoms with Crippen molar-refractivity contribution in [3.05, 3.63) is 75.3 Å². The molecule has 1 unspecified atom stereocenters. The topological polar surface area (TPSA) is 158 Å². The smallest absolute Gasteiger partial charge is 0.329 e. The van der Waals surface area contributed by atoms with E-state index in [9.17, 15) is 19.6 Å². The van der Waals surface area contributed by atoms with E-state index in [1.54, 1.807) is 38.5 Å². The van der Waals surface area contributed by atoms with E-state index < -0.39 is 53.3 Å². The maximum Gasteiger partial charge on any atom is 0.329 e. The summed E-state index contributed by atoms with van der Waals surface area (Å²) >= 11 is 1.42. The van der Waals surface area contributed by atoms with E-state index in [1.807, 2.05) is 27.0 Å². The second-order valence-electron chi connectivity index (χ2n) is 14.3. The fourth-order valence-electron chi connectivity index (χ4n) is 9.14. The summed E-state index contributed by atoms with van der Waals surface area (Å²) in [6.07, 6.45) is 0.535. The van der Waals surface area contributed by atoms with Crippen LogP contribution in [0.25, 0.3) is 0 Å². The van der Waals surface area contributed by atoms with Crippen LogP contribution in [-0.2, 0) is 25.5 Å². The molecule has 15 heteroatoms. The number of esters is 2. The molecular weight excluding hydrogens is 729 g/mol.